The normalized spacial score (nSPS) is 13.6. The van der Waals surface area contributed by atoms with E-state index in [1.165, 1.54) is 6.07 Å². The van der Waals surface area contributed by atoms with Crippen molar-refractivity contribution in [1.82, 2.24) is 5.48 Å². The van der Waals surface area contributed by atoms with E-state index in [-0.39, 0.29) is 11.7 Å². The highest BCUT2D eigenvalue weighted by atomic mass is 127. The Morgan fingerprint density at radius 3 is 2.75 bits per heavy atom. The molecule has 6 heteroatoms. The van der Waals surface area contributed by atoms with E-state index >= 15 is 0 Å². The summed E-state index contributed by atoms with van der Waals surface area (Å²) in [7, 11) is 0. The highest BCUT2D eigenvalue weighted by Gasteiger charge is 2.22. The molecule has 0 aromatic heterocycles. The first kappa shape index (κ1) is 17.2. The lowest BCUT2D eigenvalue weighted by Gasteiger charge is -2.14. The number of hydroxylamine groups is 1. The summed E-state index contributed by atoms with van der Waals surface area (Å²) in [4.78, 5) is 17.6. The van der Waals surface area contributed by atoms with Crippen molar-refractivity contribution < 1.29 is 14.0 Å². The number of aryl methyl sites for hydroxylation is 1. The lowest BCUT2D eigenvalue weighted by Crippen LogP contribution is -2.25. The van der Waals surface area contributed by atoms with Crippen LogP contribution in [0.1, 0.15) is 28.8 Å². The summed E-state index contributed by atoms with van der Waals surface area (Å²) in [6.45, 7) is 2.45. The number of carbonyl (C=O) groups excluding carboxylic acids is 1. The lowest BCUT2D eigenvalue weighted by molar-refractivity contribution is 0.0271. The van der Waals surface area contributed by atoms with Crippen molar-refractivity contribution >= 4 is 39.9 Å². The van der Waals surface area contributed by atoms with Crippen molar-refractivity contribution in [1.29, 1.82) is 0 Å². The summed E-state index contributed by atoms with van der Waals surface area (Å²) in [5, 5.41) is 3.01. The largest absolute Gasteiger partial charge is 0.352 e. The predicted octanol–water partition coefficient (Wildman–Crippen LogP) is 4.55. The van der Waals surface area contributed by atoms with Crippen molar-refractivity contribution in [2.45, 2.75) is 19.8 Å². The van der Waals surface area contributed by atoms with Gasteiger partial charge in [-0.25, -0.2) is 9.87 Å². The second kappa shape index (κ2) is 7.48. The summed E-state index contributed by atoms with van der Waals surface area (Å²) in [6.07, 6.45) is 2.30. The van der Waals surface area contributed by atoms with Crippen LogP contribution in [-0.4, -0.2) is 12.5 Å². The van der Waals surface area contributed by atoms with E-state index in [1.54, 1.807) is 18.2 Å². The fourth-order valence-corrected chi connectivity index (χ4v) is 2.71. The van der Waals surface area contributed by atoms with Crippen LogP contribution in [-0.2, 0) is 4.84 Å². The molecule has 0 bridgehead atoms. The van der Waals surface area contributed by atoms with Crippen molar-refractivity contribution in [3.8, 4) is 0 Å². The van der Waals surface area contributed by atoms with Crippen LogP contribution in [0.3, 0.4) is 0 Å². The first-order valence-electron chi connectivity index (χ1n) is 7.78. The number of nitrogens with one attached hydrogen (secondary N) is 2. The molecule has 1 amide bonds. The third kappa shape index (κ3) is 4.45. The van der Waals surface area contributed by atoms with E-state index in [9.17, 15) is 9.18 Å². The smallest absolute Gasteiger partial charge is 0.276 e. The quantitative estimate of drug-likeness (QED) is 0.512. The zero-order chi connectivity index (χ0) is 17.1. The molecule has 1 aliphatic rings. The van der Waals surface area contributed by atoms with Gasteiger partial charge in [0.1, 0.15) is 5.82 Å². The number of hydrogen-bond acceptors (Lipinski definition) is 3. The number of hydrogen-bond donors (Lipinski definition) is 2. The molecular formula is C18H18FIN2O2. The molecule has 1 aliphatic carbocycles. The molecule has 2 aromatic carbocycles. The molecule has 3 rings (SSSR count). The number of carbonyl (C=O) groups is 1. The summed E-state index contributed by atoms with van der Waals surface area (Å²) in [6, 6.07) is 10.3. The number of anilines is 2. The van der Waals surface area contributed by atoms with Gasteiger partial charge in [-0.2, -0.15) is 0 Å². The Kier molecular flexibility index (Phi) is 5.35. The first-order valence-corrected chi connectivity index (χ1v) is 8.85. The van der Waals surface area contributed by atoms with Gasteiger partial charge in [-0.05, 0) is 84.2 Å². The molecule has 0 saturated heterocycles. The highest BCUT2D eigenvalue weighted by molar-refractivity contribution is 14.1. The Hall–Kier alpha value is -1.67. The predicted molar refractivity (Wildman–Crippen MR) is 99.7 cm³/mol. The van der Waals surface area contributed by atoms with E-state index < -0.39 is 0 Å². The molecule has 0 spiro atoms. The maximum Gasteiger partial charge on any atom is 0.276 e. The minimum absolute atomic E-state index is 0.328. The zero-order valence-corrected chi connectivity index (χ0v) is 15.4. The molecule has 1 saturated carbocycles. The van der Waals surface area contributed by atoms with E-state index in [1.807, 2.05) is 19.1 Å². The maximum absolute atomic E-state index is 14.1. The molecule has 0 atom stereocenters. The number of benzene rings is 2. The molecule has 2 aromatic rings. The second-order valence-electron chi connectivity index (χ2n) is 5.98. The van der Waals surface area contributed by atoms with Crippen LogP contribution in [0.5, 0.6) is 0 Å². The standard InChI is InChI=1S/C18H18FIN2O2/c1-11-2-6-14(18(23)22-24-10-12-3-4-12)17(8-11)21-16-7-5-13(20)9-15(16)19/h2,5-9,12,21H,3-4,10H2,1H3,(H,22,23). The SMILES string of the molecule is Cc1ccc(C(=O)NOCC2CC2)c(Nc2ccc(I)cc2F)c1. The Labute approximate surface area is 153 Å². The molecule has 4 nitrogen and oxygen atoms in total. The van der Waals surface area contributed by atoms with Crippen LogP contribution in [0, 0.1) is 22.2 Å². The fourth-order valence-electron chi connectivity index (χ4n) is 2.26. The van der Waals surface area contributed by atoms with E-state index in [4.69, 9.17) is 4.84 Å². The minimum Gasteiger partial charge on any atom is -0.352 e. The fraction of sp³-hybridized carbons (Fsp3) is 0.278. The first-order chi connectivity index (χ1) is 11.5. The second-order valence-corrected chi connectivity index (χ2v) is 7.23. The number of halogens is 2. The monoisotopic (exact) mass is 440 g/mol. The van der Waals surface area contributed by atoms with Crippen LogP contribution in [0.15, 0.2) is 36.4 Å². The van der Waals surface area contributed by atoms with Crippen LogP contribution >= 0.6 is 22.6 Å². The van der Waals surface area contributed by atoms with Crippen molar-refractivity contribution in [3.05, 3.63) is 56.9 Å². The summed E-state index contributed by atoms with van der Waals surface area (Å²) < 4.78 is 14.9. The molecule has 1 fully saturated rings. The molecule has 24 heavy (non-hydrogen) atoms. The van der Waals surface area contributed by atoms with Crippen molar-refractivity contribution in [2.75, 3.05) is 11.9 Å². The minimum atomic E-state index is -0.361. The maximum atomic E-state index is 14.1. The van der Waals surface area contributed by atoms with Crippen LogP contribution < -0.4 is 10.8 Å². The van der Waals surface area contributed by atoms with Crippen molar-refractivity contribution in [3.63, 3.8) is 0 Å². The van der Waals surface area contributed by atoms with E-state index in [0.29, 0.717) is 29.5 Å². The average Bonchev–Trinajstić information content (AvgIpc) is 3.34. The number of rotatable bonds is 6. The third-order valence-corrected chi connectivity index (χ3v) is 4.47. The molecule has 0 unspecified atom stereocenters. The Bertz CT molecular complexity index is 763. The topological polar surface area (TPSA) is 50.4 Å². The van der Waals surface area contributed by atoms with Gasteiger partial charge in [0.25, 0.3) is 5.91 Å². The van der Waals surface area contributed by atoms with Crippen LogP contribution in [0.4, 0.5) is 15.8 Å². The molecular weight excluding hydrogens is 422 g/mol. The Morgan fingerprint density at radius 2 is 2.04 bits per heavy atom. The van der Waals surface area contributed by atoms with Crippen LogP contribution in [0.2, 0.25) is 0 Å². The van der Waals surface area contributed by atoms with Gasteiger partial charge >= 0.3 is 0 Å². The summed E-state index contributed by atoms with van der Waals surface area (Å²) in [5.74, 6) is -0.148. The van der Waals surface area contributed by atoms with Crippen molar-refractivity contribution in [2.24, 2.45) is 5.92 Å². The lowest BCUT2D eigenvalue weighted by atomic mass is 10.1. The highest BCUT2D eigenvalue weighted by Crippen LogP contribution is 2.29. The number of amides is 1. The Balaban J connectivity index is 1.77. The molecule has 126 valence electrons. The van der Waals surface area contributed by atoms with E-state index in [0.717, 1.165) is 22.0 Å². The third-order valence-electron chi connectivity index (χ3n) is 3.80. The zero-order valence-electron chi connectivity index (χ0n) is 13.2. The van der Waals surface area contributed by atoms with Gasteiger partial charge in [0.2, 0.25) is 0 Å². The van der Waals surface area contributed by atoms with Gasteiger partial charge < -0.3 is 5.32 Å². The average molecular weight is 440 g/mol. The molecule has 0 aliphatic heterocycles. The van der Waals surface area contributed by atoms with Gasteiger partial charge in [-0.1, -0.05) is 6.07 Å². The summed E-state index contributed by atoms with van der Waals surface area (Å²) in [5.41, 5.74) is 4.72. The molecule has 0 radical (unpaired) electrons. The van der Waals surface area contributed by atoms with Gasteiger partial charge in [0, 0.05) is 3.57 Å². The Morgan fingerprint density at radius 1 is 1.25 bits per heavy atom. The molecule has 2 N–H and O–H groups in total. The van der Waals surface area contributed by atoms with Crippen LogP contribution in [0.25, 0.3) is 0 Å². The summed E-state index contributed by atoms with van der Waals surface area (Å²) >= 11 is 2.05. The van der Waals surface area contributed by atoms with E-state index in [2.05, 4.69) is 33.4 Å². The van der Waals surface area contributed by atoms with Gasteiger partial charge in [-0.3, -0.25) is 9.63 Å². The van der Waals surface area contributed by atoms with Gasteiger partial charge in [-0.15, -0.1) is 0 Å². The molecule has 0 heterocycles. The van der Waals surface area contributed by atoms with Gasteiger partial charge in [0.15, 0.2) is 0 Å². The van der Waals surface area contributed by atoms with Gasteiger partial charge in [0.05, 0.1) is 23.5 Å².